The summed E-state index contributed by atoms with van der Waals surface area (Å²) in [5.41, 5.74) is 0.950. The van der Waals surface area contributed by atoms with Crippen LogP contribution >= 0.6 is 0 Å². The smallest absolute Gasteiger partial charge is 0.319 e. The molecule has 0 bridgehead atoms. The number of rotatable bonds is 4. The summed E-state index contributed by atoms with van der Waals surface area (Å²) in [5.74, 6) is -1.27. The van der Waals surface area contributed by atoms with E-state index in [9.17, 15) is 19.5 Å². The normalized spacial score (nSPS) is 19.0. The largest absolute Gasteiger partial charge is 0.480 e. The summed E-state index contributed by atoms with van der Waals surface area (Å²) in [4.78, 5) is 39.3. The minimum atomic E-state index is -1.19. The van der Waals surface area contributed by atoms with Crippen LogP contribution in [0.3, 0.4) is 0 Å². The summed E-state index contributed by atoms with van der Waals surface area (Å²) in [6, 6.07) is 7.88. The fourth-order valence-corrected chi connectivity index (χ4v) is 3.10. The van der Waals surface area contributed by atoms with Crippen LogP contribution in [0.2, 0.25) is 0 Å². The molecule has 1 aliphatic carbocycles. The van der Waals surface area contributed by atoms with Crippen molar-refractivity contribution >= 4 is 17.8 Å². The summed E-state index contributed by atoms with van der Waals surface area (Å²) < 4.78 is 0. The number of nitrogens with zero attached hydrogens (tertiary/aromatic N) is 2. The third kappa shape index (κ3) is 3.13. The molecule has 0 spiro atoms. The number of carboxylic acids is 1. The van der Waals surface area contributed by atoms with Crippen molar-refractivity contribution in [1.82, 2.24) is 9.80 Å². The number of aryl methyl sites for hydroxylation is 1. The maximum absolute atomic E-state index is 12.4. The van der Waals surface area contributed by atoms with Crippen molar-refractivity contribution < 1.29 is 19.5 Å². The molecule has 1 heterocycles. The fourth-order valence-electron chi connectivity index (χ4n) is 3.10. The van der Waals surface area contributed by atoms with Crippen LogP contribution in [0.25, 0.3) is 0 Å². The number of hydrogen-bond donors (Lipinski definition) is 1. The van der Waals surface area contributed by atoms with Gasteiger partial charge < -0.3 is 14.9 Å². The molecule has 2 aliphatic rings. The predicted octanol–water partition coefficient (Wildman–Crippen LogP) is 1.07. The highest BCUT2D eigenvalue weighted by molar-refractivity contribution is 6.04. The molecule has 1 saturated carbocycles. The Labute approximate surface area is 141 Å². The van der Waals surface area contributed by atoms with Gasteiger partial charge in [-0.1, -0.05) is 29.8 Å². The lowest BCUT2D eigenvalue weighted by Crippen LogP contribution is -2.53. The Bertz CT molecular complexity index is 656. The summed E-state index contributed by atoms with van der Waals surface area (Å²) in [6.07, 6.45) is 1.20. The van der Waals surface area contributed by atoms with E-state index in [2.05, 4.69) is 0 Å². The van der Waals surface area contributed by atoms with Crippen molar-refractivity contribution in [3.8, 4) is 0 Å². The average Bonchev–Trinajstić information content (AvgIpc) is 3.38. The molecule has 2 amide bonds. The molecule has 1 aromatic rings. The van der Waals surface area contributed by atoms with Crippen molar-refractivity contribution in [2.45, 2.75) is 26.2 Å². The van der Waals surface area contributed by atoms with Crippen molar-refractivity contribution in [2.75, 3.05) is 26.2 Å². The van der Waals surface area contributed by atoms with Gasteiger partial charge in [0, 0.05) is 26.2 Å². The molecule has 24 heavy (non-hydrogen) atoms. The SMILES string of the molecule is Cc1ccc(CC(=O)N2CCN(C(=O)C3(C(=O)O)CC3)CC2)cc1. The van der Waals surface area contributed by atoms with Crippen molar-refractivity contribution in [3.63, 3.8) is 0 Å². The lowest BCUT2D eigenvalue weighted by atomic mass is 10.1. The van der Waals surface area contributed by atoms with E-state index in [-0.39, 0.29) is 11.8 Å². The molecule has 6 heteroatoms. The van der Waals surface area contributed by atoms with Gasteiger partial charge in [-0.2, -0.15) is 0 Å². The zero-order valence-electron chi connectivity index (χ0n) is 13.8. The van der Waals surface area contributed by atoms with Gasteiger partial charge in [0.05, 0.1) is 6.42 Å². The second kappa shape index (κ2) is 6.26. The fraction of sp³-hybridized carbons (Fsp3) is 0.500. The standard InChI is InChI=1S/C18H22N2O4/c1-13-2-4-14(5-3-13)12-15(21)19-8-10-20(11-9-19)16(22)18(6-7-18)17(23)24/h2-5H,6-12H2,1H3,(H,23,24). The van der Waals surface area contributed by atoms with Gasteiger partial charge in [0.15, 0.2) is 0 Å². The highest BCUT2D eigenvalue weighted by atomic mass is 16.4. The van der Waals surface area contributed by atoms with Crippen LogP contribution in [0.15, 0.2) is 24.3 Å². The Morgan fingerprint density at radius 2 is 1.54 bits per heavy atom. The first-order valence-corrected chi connectivity index (χ1v) is 8.28. The second-order valence-electron chi connectivity index (χ2n) is 6.72. The molecule has 1 aliphatic heterocycles. The molecule has 3 rings (SSSR count). The van der Waals surface area contributed by atoms with Crippen LogP contribution in [-0.2, 0) is 20.8 Å². The molecule has 0 aromatic heterocycles. The molecular formula is C18H22N2O4. The van der Waals surface area contributed by atoms with Gasteiger partial charge >= 0.3 is 5.97 Å². The highest BCUT2D eigenvalue weighted by Crippen LogP contribution is 2.47. The first kappa shape index (κ1) is 16.5. The molecule has 6 nitrogen and oxygen atoms in total. The number of benzene rings is 1. The first-order chi connectivity index (χ1) is 11.4. The zero-order chi connectivity index (χ0) is 17.3. The van der Waals surface area contributed by atoms with Crippen LogP contribution in [0.5, 0.6) is 0 Å². The topological polar surface area (TPSA) is 77.9 Å². The molecule has 1 saturated heterocycles. The van der Waals surface area contributed by atoms with E-state index in [0.29, 0.717) is 45.4 Å². The summed E-state index contributed by atoms with van der Waals surface area (Å²) in [7, 11) is 0. The second-order valence-corrected chi connectivity index (χ2v) is 6.72. The quantitative estimate of drug-likeness (QED) is 0.838. The Morgan fingerprint density at radius 1 is 1.00 bits per heavy atom. The molecule has 0 radical (unpaired) electrons. The Morgan fingerprint density at radius 3 is 2.04 bits per heavy atom. The lowest BCUT2D eigenvalue weighted by molar-refractivity contribution is -0.155. The Hall–Kier alpha value is -2.37. The van der Waals surface area contributed by atoms with E-state index in [0.717, 1.165) is 11.1 Å². The third-order valence-corrected chi connectivity index (χ3v) is 4.96. The van der Waals surface area contributed by atoms with Gasteiger partial charge in [0.25, 0.3) is 0 Å². The van der Waals surface area contributed by atoms with E-state index in [4.69, 9.17) is 0 Å². The molecular weight excluding hydrogens is 308 g/mol. The first-order valence-electron chi connectivity index (χ1n) is 8.28. The molecule has 2 fully saturated rings. The van der Waals surface area contributed by atoms with Gasteiger partial charge in [-0.3, -0.25) is 14.4 Å². The maximum atomic E-state index is 12.4. The Kier molecular flexibility index (Phi) is 4.30. The minimum absolute atomic E-state index is 0.0466. The maximum Gasteiger partial charge on any atom is 0.319 e. The van der Waals surface area contributed by atoms with Crippen LogP contribution < -0.4 is 0 Å². The number of aliphatic carboxylic acids is 1. The summed E-state index contributed by atoms with van der Waals surface area (Å²) >= 11 is 0. The number of carbonyl (C=O) groups excluding carboxylic acids is 2. The van der Waals surface area contributed by atoms with E-state index in [1.54, 1.807) is 9.80 Å². The van der Waals surface area contributed by atoms with Crippen molar-refractivity contribution in [2.24, 2.45) is 5.41 Å². The summed E-state index contributed by atoms with van der Waals surface area (Å²) in [6.45, 7) is 3.75. The van der Waals surface area contributed by atoms with Crippen LogP contribution in [0.4, 0.5) is 0 Å². The van der Waals surface area contributed by atoms with Gasteiger partial charge in [-0.25, -0.2) is 0 Å². The monoisotopic (exact) mass is 330 g/mol. The van der Waals surface area contributed by atoms with Crippen LogP contribution in [0, 0.1) is 12.3 Å². The minimum Gasteiger partial charge on any atom is -0.480 e. The average molecular weight is 330 g/mol. The Balaban J connectivity index is 1.53. The molecule has 0 atom stereocenters. The lowest BCUT2D eigenvalue weighted by Gasteiger charge is -2.36. The van der Waals surface area contributed by atoms with Crippen molar-refractivity contribution in [1.29, 1.82) is 0 Å². The van der Waals surface area contributed by atoms with Crippen molar-refractivity contribution in [3.05, 3.63) is 35.4 Å². The number of carbonyl (C=O) groups is 3. The number of amides is 2. The molecule has 0 unspecified atom stereocenters. The number of hydrogen-bond acceptors (Lipinski definition) is 3. The third-order valence-electron chi connectivity index (χ3n) is 4.96. The van der Waals surface area contributed by atoms with Gasteiger partial charge in [-0.05, 0) is 25.3 Å². The van der Waals surface area contributed by atoms with E-state index >= 15 is 0 Å². The zero-order valence-corrected chi connectivity index (χ0v) is 13.8. The number of piperazine rings is 1. The van der Waals surface area contributed by atoms with E-state index in [1.165, 1.54) is 0 Å². The van der Waals surface area contributed by atoms with Gasteiger partial charge in [-0.15, -0.1) is 0 Å². The molecule has 128 valence electrons. The van der Waals surface area contributed by atoms with Crippen LogP contribution in [0.1, 0.15) is 24.0 Å². The molecule has 1 N–H and O–H groups in total. The summed E-state index contributed by atoms with van der Waals surface area (Å²) in [5, 5.41) is 9.22. The molecule has 1 aromatic carbocycles. The van der Waals surface area contributed by atoms with E-state index in [1.807, 2.05) is 31.2 Å². The van der Waals surface area contributed by atoms with Gasteiger partial charge in [0.2, 0.25) is 11.8 Å². The predicted molar refractivity (Wildman–Crippen MR) is 87.3 cm³/mol. The van der Waals surface area contributed by atoms with Crippen LogP contribution in [-0.4, -0.2) is 58.9 Å². The highest BCUT2D eigenvalue weighted by Gasteiger charge is 2.58. The van der Waals surface area contributed by atoms with Gasteiger partial charge in [0.1, 0.15) is 5.41 Å². The van der Waals surface area contributed by atoms with E-state index < -0.39 is 11.4 Å². The number of carboxylic acid groups (broad SMARTS) is 1.